The minimum absolute atomic E-state index is 0.446. The number of carbonyl (C=O) groups is 2. The number of carbonyl (C=O) groups excluding carboxylic acids is 2. The number of hydrogen-bond donors (Lipinski definition) is 1. The number of nitrogens with one attached hydrogen (secondary N) is 1. The highest BCUT2D eigenvalue weighted by Gasteiger charge is 2.56. The lowest BCUT2D eigenvalue weighted by atomic mass is 9.82. The molecule has 1 fully saturated rings. The predicted molar refractivity (Wildman–Crippen MR) is 108 cm³/mol. The van der Waals surface area contributed by atoms with Crippen molar-refractivity contribution in [3.05, 3.63) is 107 Å². The summed E-state index contributed by atoms with van der Waals surface area (Å²) in [6.45, 7) is 0. The molecule has 0 radical (unpaired) electrons. The fraction of sp³-hybridized carbons (Fsp3) is 0.0455. The van der Waals surface area contributed by atoms with E-state index in [9.17, 15) is 9.59 Å². The number of imide groups is 1. The number of hydrogen-bond acceptors (Lipinski definition) is 3. The molecule has 3 aromatic carbocycles. The molecule has 138 valence electrons. The van der Waals surface area contributed by atoms with E-state index in [1.54, 1.807) is 18.2 Å². The third kappa shape index (κ3) is 2.96. The maximum Gasteiger partial charge on any atom is 0.346 e. The van der Waals surface area contributed by atoms with Crippen LogP contribution in [0.1, 0.15) is 16.7 Å². The van der Waals surface area contributed by atoms with Crippen LogP contribution in [0, 0.1) is 0 Å². The summed E-state index contributed by atoms with van der Waals surface area (Å²) >= 11 is 6.03. The van der Waals surface area contributed by atoms with Gasteiger partial charge in [-0.25, -0.2) is 4.79 Å². The first-order valence-corrected chi connectivity index (χ1v) is 9.06. The normalized spacial score (nSPS) is 15.8. The van der Waals surface area contributed by atoms with E-state index in [0.29, 0.717) is 16.1 Å². The lowest BCUT2D eigenvalue weighted by molar-refractivity contribution is -0.125. The summed E-state index contributed by atoms with van der Waals surface area (Å²) in [5.41, 5.74) is 0.615. The number of nitrogens with zero attached hydrogens (tertiary/aromatic N) is 2. The van der Waals surface area contributed by atoms with Gasteiger partial charge in [-0.1, -0.05) is 84.4 Å². The van der Waals surface area contributed by atoms with E-state index in [1.165, 1.54) is 11.2 Å². The topological polar surface area (TPSA) is 61.8 Å². The van der Waals surface area contributed by atoms with Crippen LogP contribution in [0.5, 0.6) is 0 Å². The zero-order valence-electron chi connectivity index (χ0n) is 14.7. The van der Waals surface area contributed by atoms with Gasteiger partial charge >= 0.3 is 6.03 Å². The minimum Gasteiger partial charge on any atom is -0.274 e. The Morgan fingerprint density at radius 1 is 0.857 bits per heavy atom. The summed E-state index contributed by atoms with van der Waals surface area (Å²) in [5, 5.41) is 8.55. The van der Waals surface area contributed by atoms with Gasteiger partial charge in [0.15, 0.2) is 5.54 Å². The highest BCUT2D eigenvalue weighted by atomic mass is 35.5. The summed E-state index contributed by atoms with van der Waals surface area (Å²) in [6.07, 6.45) is 1.52. The highest BCUT2D eigenvalue weighted by molar-refractivity contribution is 6.30. The number of urea groups is 1. The van der Waals surface area contributed by atoms with Crippen molar-refractivity contribution in [2.24, 2.45) is 5.10 Å². The number of benzene rings is 3. The highest BCUT2D eigenvalue weighted by Crippen LogP contribution is 2.40. The second-order valence-corrected chi connectivity index (χ2v) is 6.75. The Kier molecular flexibility index (Phi) is 4.67. The van der Waals surface area contributed by atoms with Crippen LogP contribution in [0.25, 0.3) is 0 Å². The molecule has 4 rings (SSSR count). The number of amides is 3. The zero-order valence-corrected chi connectivity index (χ0v) is 15.5. The Morgan fingerprint density at radius 3 is 2.04 bits per heavy atom. The number of hydrazone groups is 1. The smallest absolute Gasteiger partial charge is 0.274 e. The Hall–Kier alpha value is -3.44. The minimum atomic E-state index is -1.39. The molecule has 1 N–H and O–H groups in total. The molecule has 1 aliphatic heterocycles. The van der Waals surface area contributed by atoms with Crippen LogP contribution in [-0.2, 0) is 10.3 Å². The van der Waals surface area contributed by atoms with Gasteiger partial charge in [0.1, 0.15) is 0 Å². The largest absolute Gasteiger partial charge is 0.346 e. The standard InChI is InChI=1S/C22H16ClN3O2/c23-19-13-7-8-16(14-19)15-24-26-21(28)25-20(27)22(26,17-9-3-1-4-10-17)18-11-5-2-6-12-18/h1-15H,(H,25,27,28)/b24-15+. The molecule has 6 heteroatoms. The van der Waals surface area contributed by atoms with E-state index < -0.39 is 17.5 Å². The first-order valence-electron chi connectivity index (χ1n) is 8.68. The van der Waals surface area contributed by atoms with Gasteiger partial charge in [0.25, 0.3) is 5.91 Å². The summed E-state index contributed by atoms with van der Waals surface area (Å²) in [5.74, 6) is -0.446. The number of rotatable bonds is 4. The van der Waals surface area contributed by atoms with Gasteiger partial charge in [-0.15, -0.1) is 0 Å². The van der Waals surface area contributed by atoms with Crippen LogP contribution >= 0.6 is 11.6 Å². The van der Waals surface area contributed by atoms with Gasteiger partial charge in [0, 0.05) is 5.02 Å². The molecule has 0 bridgehead atoms. The average Bonchev–Trinajstić information content (AvgIpc) is 2.98. The van der Waals surface area contributed by atoms with Crippen LogP contribution in [-0.4, -0.2) is 23.2 Å². The first-order chi connectivity index (χ1) is 13.6. The van der Waals surface area contributed by atoms with Gasteiger partial charge in [-0.3, -0.25) is 10.1 Å². The van der Waals surface area contributed by atoms with Crippen molar-refractivity contribution in [1.82, 2.24) is 10.3 Å². The van der Waals surface area contributed by atoms with E-state index >= 15 is 0 Å². The van der Waals surface area contributed by atoms with Crippen LogP contribution in [0.4, 0.5) is 4.79 Å². The monoisotopic (exact) mass is 389 g/mol. The third-order valence-electron chi connectivity index (χ3n) is 4.61. The van der Waals surface area contributed by atoms with Gasteiger partial charge in [0.2, 0.25) is 0 Å². The van der Waals surface area contributed by atoms with Crippen molar-refractivity contribution in [1.29, 1.82) is 0 Å². The molecule has 1 heterocycles. The van der Waals surface area contributed by atoms with Crippen LogP contribution in [0.2, 0.25) is 5.02 Å². The molecular formula is C22H16ClN3O2. The van der Waals surface area contributed by atoms with Gasteiger partial charge in [0.05, 0.1) is 6.21 Å². The van der Waals surface area contributed by atoms with Gasteiger partial charge in [-0.2, -0.15) is 10.1 Å². The predicted octanol–water partition coefficient (Wildman–Crippen LogP) is 4.17. The van der Waals surface area contributed by atoms with E-state index in [0.717, 1.165) is 5.56 Å². The molecule has 0 atom stereocenters. The van der Waals surface area contributed by atoms with Crippen LogP contribution in [0.15, 0.2) is 90.0 Å². The fourth-order valence-electron chi connectivity index (χ4n) is 3.37. The number of halogens is 1. The summed E-state index contributed by atoms with van der Waals surface area (Å²) in [7, 11) is 0. The molecule has 1 aliphatic rings. The molecule has 28 heavy (non-hydrogen) atoms. The van der Waals surface area contributed by atoms with E-state index in [2.05, 4.69) is 10.4 Å². The van der Waals surface area contributed by atoms with Crippen LogP contribution < -0.4 is 5.32 Å². The quantitative estimate of drug-likeness (QED) is 0.537. The van der Waals surface area contributed by atoms with Gasteiger partial charge < -0.3 is 0 Å². The third-order valence-corrected chi connectivity index (χ3v) is 4.85. The van der Waals surface area contributed by atoms with E-state index in [-0.39, 0.29) is 0 Å². The van der Waals surface area contributed by atoms with Crippen molar-refractivity contribution in [2.45, 2.75) is 5.54 Å². The summed E-state index contributed by atoms with van der Waals surface area (Å²) < 4.78 is 0. The molecule has 0 spiro atoms. The zero-order chi connectivity index (χ0) is 19.6. The van der Waals surface area contributed by atoms with Crippen molar-refractivity contribution < 1.29 is 9.59 Å². The molecule has 0 aliphatic carbocycles. The Labute approximate surface area is 167 Å². The van der Waals surface area contributed by atoms with Crippen molar-refractivity contribution >= 4 is 29.8 Å². The molecule has 3 amide bonds. The second-order valence-electron chi connectivity index (χ2n) is 6.31. The average molecular weight is 390 g/mol. The first kappa shape index (κ1) is 17.9. The van der Waals surface area contributed by atoms with Gasteiger partial charge in [-0.05, 0) is 28.8 Å². The van der Waals surface area contributed by atoms with Crippen LogP contribution in [0.3, 0.4) is 0 Å². The lowest BCUT2D eigenvalue weighted by Crippen LogP contribution is -2.45. The Balaban J connectivity index is 1.89. The molecular weight excluding hydrogens is 374 g/mol. The van der Waals surface area contributed by atoms with E-state index in [4.69, 9.17) is 11.6 Å². The molecule has 5 nitrogen and oxygen atoms in total. The maximum absolute atomic E-state index is 13.1. The molecule has 0 aromatic heterocycles. The molecule has 0 unspecified atom stereocenters. The van der Waals surface area contributed by atoms with Crippen molar-refractivity contribution in [3.63, 3.8) is 0 Å². The molecule has 1 saturated heterocycles. The lowest BCUT2D eigenvalue weighted by Gasteiger charge is -2.32. The SMILES string of the molecule is O=C1NC(=O)C(c2ccccc2)(c2ccccc2)N1/N=C/c1cccc(Cl)c1. The van der Waals surface area contributed by atoms with Crippen molar-refractivity contribution in [3.8, 4) is 0 Å². The summed E-state index contributed by atoms with van der Waals surface area (Å²) in [6, 6.07) is 24.8. The van der Waals surface area contributed by atoms with Crippen molar-refractivity contribution in [2.75, 3.05) is 0 Å². The Bertz CT molecular complexity index is 1010. The van der Waals surface area contributed by atoms with E-state index in [1.807, 2.05) is 66.7 Å². The maximum atomic E-state index is 13.1. The summed E-state index contributed by atoms with van der Waals surface area (Å²) in [4.78, 5) is 25.8. The Morgan fingerprint density at radius 2 is 1.46 bits per heavy atom. The molecule has 0 saturated carbocycles. The fourth-order valence-corrected chi connectivity index (χ4v) is 3.57. The molecule has 3 aromatic rings. The second kappa shape index (κ2) is 7.29.